The number of halogens is 5. The Morgan fingerprint density at radius 2 is 1.94 bits per heavy atom. The van der Waals surface area contributed by atoms with Crippen molar-refractivity contribution < 1.29 is 31.0 Å². The summed E-state index contributed by atoms with van der Waals surface area (Å²) in [7, 11) is -3.11. The average molecular weight is 490 g/mol. The molecule has 2 N–H and O–H groups in total. The Bertz CT molecular complexity index is 1210. The van der Waals surface area contributed by atoms with E-state index in [2.05, 4.69) is 10.4 Å². The first-order valence-electron chi connectivity index (χ1n) is 10.3. The zero-order chi connectivity index (χ0) is 24.4. The van der Waals surface area contributed by atoms with Crippen LogP contribution in [-0.4, -0.2) is 32.1 Å². The first-order valence-corrected chi connectivity index (χ1v) is 12.3. The molecule has 180 valence electrons. The Morgan fingerprint density at radius 3 is 2.45 bits per heavy atom. The number of nitrogens with zero attached hydrogens (tertiary/aromatic N) is 2. The summed E-state index contributed by atoms with van der Waals surface area (Å²) in [4.78, 5) is 13.2. The van der Waals surface area contributed by atoms with Gasteiger partial charge in [0.15, 0.2) is 0 Å². The molecule has 1 atom stereocenters. The summed E-state index contributed by atoms with van der Waals surface area (Å²) in [5.74, 6) is -4.41. The van der Waals surface area contributed by atoms with Crippen molar-refractivity contribution in [3.05, 3.63) is 41.2 Å². The van der Waals surface area contributed by atoms with Crippen molar-refractivity contribution in [3.63, 3.8) is 0 Å². The van der Waals surface area contributed by atoms with E-state index in [1.54, 1.807) is 0 Å². The summed E-state index contributed by atoms with van der Waals surface area (Å²) < 4.78 is 89.8. The Hall–Kier alpha value is -2.50. The Morgan fingerprint density at radius 1 is 1.30 bits per heavy atom. The molecular formula is C21H23F5N4O2S. The fourth-order valence-electron chi connectivity index (χ4n) is 4.42. The Kier molecular flexibility index (Phi) is 5.38. The average Bonchev–Trinajstić information content (AvgIpc) is 3.39. The standard InChI is InChI=1S/C21H23F5N4O2S/c1-19(9-20(22,23)10-19)11-30-17(15(21(24,25)26)16(29-30)12-6-7-12)18(31)28-13-4-3-5-14(8-13)33(2,27)32/h3-5,8,12,27H,6-7,9-11H2,1-2H3,(H,28,31). The molecular weight excluding hydrogens is 467 g/mol. The highest BCUT2D eigenvalue weighted by Gasteiger charge is 2.55. The maximum atomic E-state index is 14.1. The highest BCUT2D eigenvalue weighted by molar-refractivity contribution is 7.91. The number of aromatic nitrogens is 2. The van der Waals surface area contributed by atoms with Gasteiger partial charge in [-0.2, -0.15) is 18.3 Å². The topological polar surface area (TPSA) is 87.8 Å². The van der Waals surface area contributed by atoms with E-state index in [-0.39, 0.29) is 22.8 Å². The van der Waals surface area contributed by atoms with Crippen LogP contribution in [0.25, 0.3) is 0 Å². The van der Waals surface area contributed by atoms with Crippen LogP contribution in [0.5, 0.6) is 0 Å². The quantitative estimate of drug-likeness (QED) is 0.524. The molecule has 2 fully saturated rings. The Balaban J connectivity index is 1.74. The highest BCUT2D eigenvalue weighted by Crippen LogP contribution is 2.53. The summed E-state index contributed by atoms with van der Waals surface area (Å²) >= 11 is 0. The van der Waals surface area contributed by atoms with Crippen LogP contribution >= 0.6 is 0 Å². The molecule has 12 heteroatoms. The number of rotatable bonds is 6. The van der Waals surface area contributed by atoms with E-state index in [0.717, 1.165) is 4.68 Å². The van der Waals surface area contributed by atoms with E-state index < -0.39 is 63.2 Å². The van der Waals surface area contributed by atoms with E-state index >= 15 is 0 Å². The second-order valence-corrected chi connectivity index (χ2v) is 11.5. The number of hydrogen-bond acceptors (Lipinski definition) is 4. The Labute approximate surface area is 187 Å². The van der Waals surface area contributed by atoms with Crippen molar-refractivity contribution in [3.8, 4) is 0 Å². The molecule has 1 aromatic heterocycles. The second-order valence-electron chi connectivity index (χ2n) is 9.38. The number of alkyl halides is 5. The van der Waals surface area contributed by atoms with Crippen LogP contribution in [0.2, 0.25) is 0 Å². The third-order valence-corrected chi connectivity index (χ3v) is 7.04. The van der Waals surface area contributed by atoms with Crippen LogP contribution in [0.1, 0.15) is 60.3 Å². The van der Waals surface area contributed by atoms with E-state index in [0.29, 0.717) is 12.8 Å². The molecule has 33 heavy (non-hydrogen) atoms. The van der Waals surface area contributed by atoms with Gasteiger partial charge >= 0.3 is 6.18 Å². The van der Waals surface area contributed by atoms with Crippen LogP contribution in [0.15, 0.2) is 29.2 Å². The van der Waals surface area contributed by atoms with Gasteiger partial charge < -0.3 is 5.32 Å². The number of benzene rings is 1. The largest absolute Gasteiger partial charge is 0.420 e. The highest BCUT2D eigenvalue weighted by atomic mass is 32.2. The number of anilines is 1. The van der Waals surface area contributed by atoms with Crippen LogP contribution in [0, 0.1) is 10.2 Å². The van der Waals surface area contributed by atoms with E-state index in [1.165, 1.54) is 37.4 Å². The maximum Gasteiger partial charge on any atom is 0.420 e. The molecule has 2 aromatic rings. The van der Waals surface area contributed by atoms with Crippen LogP contribution in [-0.2, 0) is 22.5 Å². The number of nitrogens with one attached hydrogen (secondary N) is 2. The van der Waals surface area contributed by atoms with Crippen molar-refractivity contribution in [1.29, 1.82) is 4.78 Å². The molecule has 0 radical (unpaired) electrons. The molecule has 1 heterocycles. The summed E-state index contributed by atoms with van der Waals surface area (Å²) in [5.41, 5.74) is -3.04. The van der Waals surface area contributed by atoms with Crippen molar-refractivity contribution in [2.45, 2.75) is 62.1 Å². The SMILES string of the molecule is CC1(Cn2nc(C3CC3)c(C(F)(F)F)c2C(=O)Nc2cccc(S(C)(=N)=O)c2)CC(F)(F)C1. The molecule has 2 saturated carbocycles. The number of hydrogen-bond donors (Lipinski definition) is 2. The molecule has 0 spiro atoms. The molecule has 0 bridgehead atoms. The first-order chi connectivity index (χ1) is 15.1. The lowest BCUT2D eigenvalue weighted by molar-refractivity contribution is -0.160. The molecule has 1 aromatic carbocycles. The van der Waals surface area contributed by atoms with Gasteiger partial charge in [-0.15, -0.1) is 0 Å². The van der Waals surface area contributed by atoms with Gasteiger partial charge in [0.05, 0.1) is 15.4 Å². The predicted molar refractivity (Wildman–Crippen MR) is 111 cm³/mol. The van der Waals surface area contributed by atoms with Gasteiger partial charge in [0.2, 0.25) is 5.92 Å². The second kappa shape index (κ2) is 7.51. The molecule has 2 aliphatic rings. The molecule has 4 rings (SSSR count). The summed E-state index contributed by atoms with van der Waals surface area (Å²) in [6.45, 7) is 1.28. The first kappa shape index (κ1) is 23.7. The zero-order valence-corrected chi connectivity index (χ0v) is 18.7. The number of carbonyl (C=O) groups is 1. The lowest BCUT2D eigenvalue weighted by Gasteiger charge is -2.44. The van der Waals surface area contributed by atoms with Gasteiger partial charge in [-0.25, -0.2) is 17.8 Å². The molecule has 6 nitrogen and oxygen atoms in total. The minimum Gasteiger partial charge on any atom is -0.321 e. The van der Waals surface area contributed by atoms with Crippen molar-refractivity contribution >= 4 is 21.3 Å². The van der Waals surface area contributed by atoms with Gasteiger partial charge in [-0.05, 0) is 36.5 Å². The molecule has 0 saturated heterocycles. The predicted octanol–water partition coefficient (Wildman–Crippen LogP) is 5.50. The number of carbonyl (C=O) groups excluding carboxylic acids is 1. The third-order valence-electron chi connectivity index (χ3n) is 5.89. The van der Waals surface area contributed by atoms with E-state index in [1.807, 2.05) is 0 Å². The molecule has 1 amide bonds. The minimum atomic E-state index is -4.87. The minimum absolute atomic E-state index is 0.0644. The lowest BCUT2D eigenvalue weighted by Crippen LogP contribution is -2.47. The zero-order valence-electron chi connectivity index (χ0n) is 17.9. The molecule has 1 unspecified atom stereocenters. The van der Waals surface area contributed by atoms with Gasteiger partial charge in [-0.1, -0.05) is 13.0 Å². The summed E-state index contributed by atoms with van der Waals surface area (Å²) in [5, 5.41) is 6.47. The monoisotopic (exact) mass is 490 g/mol. The van der Waals surface area contributed by atoms with Gasteiger partial charge in [0, 0.05) is 42.1 Å². The number of amides is 1. The third kappa shape index (κ3) is 4.90. The van der Waals surface area contributed by atoms with Crippen molar-refractivity contribution in [1.82, 2.24) is 9.78 Å². The van der Waals surface area contributed by atoms with Gasteiger partial charge in [-0.3, -0.25) is 9.48 Å². The fourth-order valence-corrected chi connectivity index (χ4v) is 5.11. The molecule has 0 aliphatic heterocycles. The van der Waals surface area contributed by atoms with Crippen molar-refractivity contribution in [2.75, 3.05) is 11.6 Å². The summed E-state index contributed by atoms with van der Waals surface area (Å²) in [6, 6.07) is 5.50. The van der Waals surface area contributed by atoms with Crippen LogP contribution in [0.3, 0.4) is 0 Å². The maximum absolute atomic E-state index is 14.1. The lowest BCUT2D eigenvalue weighted by atomic mass is 9.67. The van der Waals surface area contributed by atoms with Crippen LogP contribution < -0.4 is 5.32 Å². The van der Waals surface area contributed by atoms with Gasteiger partial charge in [0.25, 0.3) is 5.91 Å². The van der Waals surface area contributed by atoms with Gasteiger partial charge in [0.1, 0.15) is 11.3 Å². The van der Waals surface area contributed by atoms with E-state index in [4.69, 9.17) is 4.78 Å². The normalized spacial score (nSPS) is 21.2. The van der Waals surface area contributed by atoms with E-state index in [9.17, 15) is 31.0 Å². The smallest absolute Gasteiger partial charge is 0.321 e. The molecule has 2 aliphatic carbocycles. The summed E-state index contributed by atoms with van der Waals surface area (Å²) in [6.07, 6.45) is -3.68. The van der Waals surface area contributed by atoms with Crippen molar-refractivity contribution in [2.24, 2.45) is 5.41 Å². The van der Waals surface area contributed by atoms with Crippen LogP contribution in [0.4, 0.5) is 27.6 Å². The fraction of sp³-hybridized carbons (Fsp3) is 0.524.